The fourth-order valence-electron chi connectivity index (χ4n) is 2.78. The maximum atomic E-state index is 13.9. The molecule has 0 aliphatic carbocycles. The number of thioether (sulfide) groups is 1. The first kappa shape index (κ1) is 21.3. The Hall–Kier alpha value is -2.38. The summed E-state index contributed by atoms with van der Waals surface area (Å²) in [7, 11) is 1.60. The summed E-state index contributed by atoms with van der Waals surface area (Å²) in [4.78, 5) is 13.8. The van der Waals surface area contributed by atoms with Gasteiger partial charge in [0.05, 0.1) is 5.75 Å². The summed E-state index contributed by atoms with van der Waals surface area (Å²) in [6.45, 7) is 2.19. The largest absolute Gasteiger partial charge is 0.416 e. The van der Waals surface area contributed by atoms with Crippen LogP contribution < -0.4 is 0 Å². The zero-order valence-corrected chi connectivity index (χ0v) is 17.7. The highest BCUT2D eigenvalue weighted by atomic mass is 35.5. The summed E-state index contributed by atoms with van der Waals surface area (Å²) >= 11 is 7.18. The van der Waals surface area contributed by atoms with Crippen molar-refractivity contribution in [2.75, 3.05) is 12.8 Å². The van der Waals surface area contributed by atoms with E-state index in [9.17, 15) is 9.18 Å². The van der Waals surface area contributed by atoms with Crippen LogP contribution in [0.4, 0.5) is 4.39 Å². The van der Waals surface area contributed by atoms with Crippen molar-refractivity contribution >= 4 is 29.3 Å². The molecule has 0 aliphatic heterocycles. The lowest BCUT2D eigenvalue weighted by Crippen LogP contribution is -2.28. The van der Waals surface area contributed by atoms with Crippen LogP contribution in [0.2, 0.25) is 5.02 Å². The number of halogens is 2. The Morgan fingerprint density at radius 1 is 1.21 bits per heavy atom. The summed E-state index contributed by atoms with van der Waals surface area (Å²) in [6.07, 6.45) is 0.622. The molecule has 1 amide bonds. The van der Waals surface area contributed by atoms with Gasteiger partial charge >= 0.3 is 0 Å². The van der Waals surface area contributed by atoms with Crippen LogP contribution in [0.15, 0.2) is 58.2 Å². The van der Waals surface area contributed by atoms with Gasteiger partial charge in [0.2, 0.25) is 11.8 Å². The Labute approximate surface area is 178 Å². The van der Waals surface area contributed by atoms with Crippen LogP contribution in [0.25, 0.3) is 0 Å². The third-order valence-electron chi connectivity index (χ3n) is 4.50. The highest BCUT2D eigenvalue weighted by molar-refractivity contribution is 7.99. The Morgan fingerprint density at radius 3 is 2.69 bits per heavy atom. The lowest BCUT2D eigenvalue weighted by molar-refractivity contribution is -0.127. The average Bonchev–Trinajstić information content (AvgIpc) is 3.16. The Bertz CT molecular complexity index is 947. The molecular weight excluding hydrogens is 413 g/mol. The van der Waals surface area contributed by atoms with Gasteiger partial charge in [-0.3, -0.25) is 4.79 Å². The Balaban J connectivity index is 1.52. The first-order valence-electron chi connectivity index (χ1n) is 9.11. The topological polar surface area (TPSA) is 59.2 Å². The minimum Gasteiger partial charge on any atom is -0.416 e. The van der Waals surface area contributed by atoms with Crippen molar-refractivity contribution in [2.24, 2.45) is 0 Å². The summed E-state index contributed by atoms with van der Waals surface area (Å²) in [6, 6.07) is 14.6. The number of rotatable bonds is 8. The molecule has 3 rings (SSSR count). The summed E-state index contributed by atoms with van der Waals surface area (Å²) in [5, 5.41) is 8.70. The van der Waals surface area contributed by atoms with E-state index >= 15 is 0 Å². The van der Waals surface area contributed by atoms with Crippen molar-refractivity contribution in [1.82, 2.24) is 15.1 Å². The van der Waals surface area contributed by atoms with Gasteiger partial charge in [0.1, 0.15) is 5.82 Å². The van der Waals surface area contributed by atoms with E-state index in [1.165, 1.54) is 22.6 Å². The van der Waals surface area contributed by atoms with Crippen LogP contribution in [0.3, 0.4) is 0 Å². The number of benzene rings is 2. The fourth-order valence-corrected chi connectivity index (χ4v) is 3.73. The number of hydrogen-bond donors (Lipinski definition) is 0. The molecule has 0 radical (unpaired) electrons. The van der Waals surface area contributed by atoms with Crippen LogP contribution in [-0.4, -0.2) is 33.8 Å². The first-order chi connectivity index (χ1) is 13.9. The molecule has 0 bridgehead atoms. The zero-order chi connectivity index (χ0) is 20.8. The molecule has 1 heterocycles. The number of hydrogen-bond acceptors (Lipinski definition) is 5. The van der Waals surface area contributed by atoms with E-state index in [4.69, 9.17) is 16.0 Å². The van der Waals surface area contributed by atoms with Crippen molar-refractivity contribution in [3.05, 3.63) is 76.4 Å². The second-order valence-electron chi connectivity index (χ2n) is 6.72. The van der Waals surface area contributed by atoms with Gasteiger partial charge in [0, 0.05) is 30.6 Å². The predicted molar refractivity (Wildman–Crippen MR) is 111 cm³/mol. The average molecular weight is 434 g/mol. The van der Waals surface area contributed by atoms with E-state index < -0.39 is 5.82 Å². The summed E-state index contributed by atoms with van der Waals surface area (Å²) in [5.41, 5.74) is 1.49. The Kier molecular flexibility index (Phi) is 7.28. The van der Waals surface area contributed by atoms with Gasteiger partial charge in [-0.15, -0.1) is 10.2 Å². The third kappa shape index (κ3) is 5.81. The minimum absolute atomic E-state index is 0.0918. The number of nitrogens with zero attached hydrogens (tertiary/aromatic N) is 3. The molecule has 8 heteroatoms. The van der Waals surface area contributed by atoms with E-state index in [0.29, 0.717) is 28.1 Å². The summed E-state index contributed by atoms with van der Waals surface area (Å²) < 4.78 is 19.5. The van der Waals surface area contributed by atoms with E-state index in [1.807, 2.05) is 18.2 Å². The van der Waals surface area contributed by atoms with E-state index in [-0.39, 0.29) is 24.1 Å². The molecule has 0 fully saturated rings. The van der Waals surface area contributed by atoms with E-state index in [1.54, 1.807) is 13.1 Å². The molecule has 1 atom stereocenters. The molecule has 0 N–H and O–H groups in total. The lowest BCUT2D eigenvalue weighted by Gasteiger charge is -2.17. The second kappa shape index (κ2) is 9.89. The van der Waals surface area contributed by atoms with Crippen LogP contribution >= 0.6 is 23.4 Å². The smallest absolute Gasteiger partial charge is 0.277 e. The molecule has 152 valence electrons. The highest BCUT2D eigenvalue weighted by Gasteiger charge is 2.17. The Morgan fingerprint density at radius 2 is 1.97 bits per heavy atom. The standard InChI is InChI=1S/C21H21ClFN3O2S/c1-14(15-7-4-3-5-8-15)11-19-24-25-21(28-19)29-13-20(27)26(2)12-16-17(22)9-6-10-18(16)23/h3-10,14H,11-13H2,1-2H3. The van der Waals surface area contributed by atoms with Gasteiger partial charge in [-0.2, -0.15) is 0 Å². The molecule has 3 aromatic rings. The molecule has 0 saturated heterocycles. The van der Waals surface area contributed by atoms with Gasteiger partial charge in [-0.1, -0.05) is 66.7 Å². The normalized spacial score (nSPS) is 12.0. The number of aromatic nitrogens is 2. The van der Waals surface area contributed by atoms with Crippen LogP contribution in [0.5, 0.6) is 0 Å². The number of carbonyl (C=O) groups is 1. The van der Waals surface area contributed by atoms with Gasteiger partial charge in [-0.25, -0.2) is 4.39 Å². The molecule has 5 nitrogen and oxygen atoms in total. The van der Waals surface area contributed by atoms with Gasteiger partial charge < -0.3 is 9.32 Å². The first-order valence-corrected chi connectivity index (χ1v) is 10.5. The molecule has 0 aliphatic rings. The van der Waals surface area contributed by atoms with E-state index in [0.717, 1.165) is 11.8 Å². The zero-order valence-electron chi connectivity index (χ0n) is 16.1. The SMILES string of the molecule is CC(Cc1nnc(SCC(=O)N(C)Cc2c(F)cccc2Cl)o1)c1ccccc1. The number of amides is 1. The second-order valence-corrected chi connectivity index (χ2v) is 8.05. The van der Waals surface area contributed by atoms with Gasteiger partial charge in [0.25, 0.3) is 5.22 Å². The highest BCUT2D eigenvalue weighted by Crippen LogP contribution is 2.24. The molecule has 1 aromatic heterocycles. The van der Waals surface area contributed by atoms with Crippen LogP contribution in [0.1, 0.15) is 29.9 Å². The molecule has 0 spiro atoms. The van der Waals surface area contributed by atoms with Crippen LogP contribution in [0, 0.1) is 5.82 Å². The van der Waals surface area contributed by atoms with Crippen molar-refractivity contribution in [2.45, 2.75) is 31.0 Å². The number of carbonyl (C=O) groups excluding carboxylic acids is 1. The van der Waals surface area contributed by atoms with Crippen molar-refractivity contribution in [1.29, 1.82) is 0 Å². The van der Waals surface area contributed by atoms with Gasteiger partial charge in [0.15, 0.2) is 0 Å². The quantitative estimate of drug-likeness (QED) is 0.470. The maximum Gasteiger partial charge on any atom is 0.277 e. The van der Waals surface area contributed by atoms with Crippen LogP contribution in [-0.2, 0) is 17.8 Å². The van der Waals surface area contributed by atoms with E-state index in [2.05, 4.69) is 29.3 Å². The van der Waals surface area contributed by atoms with Crippen molar-refractivity contribution < 1.29 is 13.6 Å². The molecule has 29 heavy (non-hydrogen) atoms. The molecule has 1 unspecified atom stereocenters. The van der Waals surface area contributed by atoms with Crippen molar-refractivity contribution in [3.8, 4) is 0 Å². The molecule has 2 aromatic carbocycles. The molecular formula is C21H21ClFN3O2S. The maximum absolute atomic E-state index is 13.9. The minimum atomic E-state index is -0.432. The van der Waals surface area contributed by atoms with Gasteiger partial charge in [-0.05, 0) is 23.6 Å². The summed E-state index contributed by atoms with van der Waals surface area (Å²) in [5.74, 6) is 0.263. The fraction of sp³-hybridized carbons (Fsp3) is 0.286. The van der Waals surface area contributed by atoms with Crippen molar-refractivity contribution in [3.63, 3.8) is 0 Å². The molecule has 0 saturated carbocycles. The predicted octanol–water partition coefficient (Wildman–Crippen LogP) is 4.96. The third-order valence-corrected chi connectivity index (χ3v) is 5.66. The lowest BCUT2D eigenvalue weighted by atomic mass is 9.98. The monoisotopic (exact) mass is 433 g/mol.